The highest BCUT2D eigenvalue weighted by molar-refractivity contribution is 5.98. The maximum atomic E-state index is 11.4. The van der Waals surface area contributed by atoms with Crippen LogP contribution in [-0.2, 0) is 0 Å². The van der Waals surface area contributed by atoms with E-state index in [1.165, 1.54) is 11.1 Å². The van der Waals surface area contributed by atoms with Gasteiger partial charge in [-0.15, -0.1) is 0 Å². The Hall–Kier alpha value is -7.36. The number of aromatic hydroxyl groups is 1. The second-order valence-electron chi connectivity index (χ2n) is 13.4. The Balaban J connectivity index is 1.19. The SMILES string of the molecule is C=C(/C=C(\C=C/Nc1ccc(-c2ccccc2)cc1)c1ccc(Nc2cccc3ccccc23)c(-c2ccc(-c3ccccc3)c(O)c2)c1)c1ccccc1. The van der Waals surface area contributed by atoms with Gasteiger partial charge in [-0.05, 0) is 98.5 Å². The number of phenolic OH excluding ortho intramolecular Hbond substituents is 1. The van der Waals surface area contributed by atoms with Gasteiger partial charge in [-0.25, -0.2) is 0 Å². The summed E-state index contributed by atoms with van der Waals surface area (Å²) in [6.45, 7) is 4.45. The van der Waals surface area contributed by atoms with Gasteiger partial charge in [0.25, 0.3) is 0 Å². The van der Waals surface area contributed by atoms with Gasteiger partial charge in [0, 0.05) is 39.8 Å². The Bertz CT molecular complexity index is 2640. The lowest BCUT2D eigenvalue weighted by molar-refractivity contribution is 0.477. The van der Waals surface area contributed by atoms with Crippen LogP contribution in [0.15, 0.2) is 219 Å². The van der Waals surface area contributed by atoms with Crippen molar-refractivity contribution in [1.29, 1.82) is 0 Å². The Morgan fingerprint density at radius 1 is 0.491 bits per heavy atom. The van der Waals surface area contributed by atoms with E-state index >= 15 is 0 Å². The summed E-state index contributed by atoms with van der Waals surface area (Å²) in [5.41, 5.74) is 12.8. The number of benzene rings is 8. The van der Waals surface area contributed by atoms with Gasteiger partial charge in [-0.1, -0.05) is 164 Å². The van der Waals surface area contributed by atoms with E-state index in [0.717, 1.165) is 72.4 Å². The predicted molar refractivity (Wildman–Crippen MR) is 234 cm³/mol. The Morgan fingerprint density at radius 3 is 1.87 bits per heavy atom. The molecule has 0 saturated carbocycles. The molecule has 8 rings (SSSR count). The van der Waals surface area contributed by atoms with Crippen LogP contribution in [0.1, 0.15) is 11.1 Å². The van der Waals surface area contributed by atoms with Gasteiger partial charge in [-0.2, -0.15) is 0 Å². The standard InChI is InChI=1S/C52H40N2O/c1-37(38-14-5-2-6-15-38)34-44(32-33-53-46-28-24-40(25-29-46)39-16-7-3-8-17-39)43-27-31-51(54-50-23-13-21-41-20-11-12-22-47(41)50)49(35-43)45-26-30-48(52(55)36-45)42-18-9-4-10-19-42/h2-36,53-55H,1H2/b33-32-,44-34+. The predicted octanol–water partition coefficient (Wildman–Crippen LogP) is 14.0. The van der Waals surface area contributed by atoms with E-state index in [1.54, 1.807) is 0 Å². The molecule has 0 amide bonds. The summed E-state index contributed by atoms with van der Waals surface area (Å²) < 4.78 is 0. The third-order valence-electron chi connectivity index (χ3n) is 9.78. The van der Waals surface area contributed by atoms with Crippen LogP contribution in [0.2, 0.25) is 0 Å². The highest BCUT2D eigenvalue weighted by atomic mass is 16.3. The Kier molecular flexibility index (Phi) is 10.2. The van der Waals surface area contributed by atoms with E-state index in [1.807, 2.05) is 72.9 Å². The second kappa shape index (κ2) is 16.1. The van der Waals surface area contributed by atoms with E-state index < -0.39 is 0 Å². The molecule has 0 aliphatic rings. The van der Waals surface area contributed by atoms with E-state index in [-0.39, 0.29) is 5.75 Å². The van der Waals surface area contributed by atoms with Crippen molar-refractivity contribution in [2.24, 2.45) is 0 Å². The summed E-state index contributed by atoms with van der Waals surface area (Å²) >= 11 is 0. The molecule has 0 fully saturated rings. The van der Waals surface area contributed by atoms with Gasteiger partial charge < -0.3 is 15.7 Å². The molecule has 0 spiro atoms. The van der Waals surface area contributed by atoms with E-state index in [2.05, 4.69) is 157 Å². The lowest BCUT2D eigenvalue weighted by Gasteiger charge is -2.17. The van der Waals surface area contributed by atoms with Crippen molar-refractivity contribution in [1.82, 2.24) is 0 Å². The summed E-state index contributed by atoms with van der Waals surface area (Å²) in [4.78, 5) is 0. The van der Waals surface area contributed by atoms with Crippen molar-refractivity contribution in [2.45, 2.75) is 0 Å². The minimum atomic E-state index is 0.223. The van der Waals surface area contributed by atoms with E-state index in [0.29, 0.717) is 0 Å². The molecular weight excluding hydrogens is 669 g/mol. The number of phenols is 1. The zero-order valence-corrected chi connectivity index (χ0v) is 30.4. The van der Waals surface area contributed by atoms with E-state index in [9.17, 15) is 5.11 Å². The molecule has 0 radical (unpaired) electrons. The number of allylic oxidation sites excluding steroid dienone is 4. The number of hydrogen-bond acceptors (Lipinski definition) is 3. The molecule has 0 heterocycles. The molecule has 0 atom stereocenters. The van der Waals surface area contributed by atoms with Crippen molar-refractivity contribution >= 4 is 39.0 Å². The topological polar surface area (TPSA) is 44.3 Å². The minimum Gasteiger partial charge on any atom is -0.507 e. The van der Waals surface area contributed by atoms with Crippen molar-refractivity contribution in [3.05, 3.63) is 230 Å². The zero-order chi connectivity index (χ0) is 37.4. The lowest BCUT2D eigenvalue weighted by atomic mass is 9.93. The molecule has 0 saturated heterocycles. The molecule has 8 aromatic rings. The Morgan fingerprint density at radius 2 is 1.13 bits per heavy atom. The first kappa shape index (κ1) is 34.7. The van der Waals surface area contributed by atoms with Crippen LogP contribution in [0.3, 0.4) is 0 Å². The monoisotopic (exact) mass is 708 g/mol. The molecule has 0 aromatic heterocycles. The van der Waals surface area contributed by atoms with Crippen LogP contribution in [0, 0.1) is 0 Å². The molecule has 0 aliphatic heterocycles. The van der Waals surface area contributed by atoms with Crippen LogP contribution in [-0.4, -0.2) is 5.11 Å². The van der Waals surface area contributed by atoms with Gasteiger partial charge in [0.15, 0.2) is 0 Å². The fourth-order valence-electron chi connectivity index (χ4n) is 6.88. The van der Waals surface area contributed by atoms with Crippen molar-refractivity contribution in [2.75, 3.05) is 10.6 Å². The largest absolute Gasteiger partial charge is 0.507 e. The maximum Gasteiger partial charge on any atom is 0.124 e. The quantitative estimate of drug-likeness (QED) is 0.117. The number of rotatable bonds is 11. The first-order valence-electron chi connectivity index (χ1n) is 18.4. The van der Waals surface area contributed by atoms with Gasteiger partial charge >= 0.3 is 0 Å². The van der Waals surface area contributed by atoms with Gasteiger partial charge in [-0.3, -0.25) is 0 Å². The molecule has 0 unspecified atom stereocenters. The first-order valence-corrected chi connectivity index (χ1v) is 18.4. The summed E-state index contributed by atoms with van der Waals surface area (Å²) in [5, 5.41) is 20.9. The van der Waals surface area contributed by atoms with Gasteiger partial charge in [0.05, 0.1) is 0 Å². The fourth-order valence-corrected chi connectivity index (χ4v) is 6.88. The zero-order valence-electron chi connectivity index (χ0n) is 30.4. The molecule has 3 heteroatoms. The van der Waals surface area contributed by atoms with Crippen molar-refractivity contribution in [3.8, 4) is 39.1 Å². The lowest BCUT2D eigenvalue weighted by Crippen LogP contribution is -1.97. The molecule has 3 N–H and O–H groups in total. The van der Waals surface area contributed by atoms with Crippen LogP contribution >= 0.6 is 0 Å². The number of fused-ring (bicyclic) bond motifs is 1. The first-order chi connectivity index (χ1) is 27.1. The van der Waals surface area contributed by atoms with Crippen LogP contribution in [0.4, 0.5) is 17.1 Å². The van der Waals surface area contributed by atoms with Crippen molar-refractivity contribution < 1.29 is 5.11 Å². The fraction of sp³-hybridized carbons (Fsp3) is 0. The van der Waals surface area contributed by atoms with Gasteiger partial charge in [0.1, 0.15) is 5.75 Å². The third kappa shape index (κ3) is 8.02. The van der Waals surface area contributed by atoms with Gasteiger partial charge in [0.2, 0.25) is 0 Å². The summed E-state index contributed by atoms with van der Waals surface area (Å²) in [7, 11) is 0. The van der Waals surface area contributed by atoms with Crippen LogP contribution in [0.25, 0.3) is 55.3 Å². The highest BCUT2D eigenvalue weighted by Crippen LogP contribution is 2.39. The van der Waals surface area contributed by atoms with E-state index in [4.69, 9.17) is 0 Å². The van der Waals surface area contributed by atoms with Crippen LogP contribution < -0.4 is 10.6 Å². The molecule has 0 bridgehead atoms. The maximum absolute atomic E-state index is 11.4. The van der Waals surface area contributed by atoms with Crippen molar-refractivity contribution in [3.63, 3.8) is 0 Å². The highest BCUT2D eigenvalue weighted by Gasteiger charge is 2.14. The average molecular weight is 709 g/mol. The Labute approximate surface area is 322 Å². The molecule has 3 nitrogen and oxygen atoms in total. The summed E-state index contributed by atoms with van der Waals surface area (Å²) in [6.07, 6.45) is 6.19. The normalized spacial score (nSPS) is 11.5. The molecule has 264 valence electrons. The third-order valence-corrected chi connectivity index (χ3v) is 9.78. The van der Waals surface area contributed by atoms with Crippen LogP contribution in [0.5, 0.6) is 5.75 Å². The smallest absolute Gasteiger partial charge is 0.124 e. The number of hydrogen-bond donors (Lipinski definition) is 3. The molecular formula is C52H40N2O. The molecule has 8 aromatic carbocycles. The average Bonchev–Trinajstić information content (AvgIpc) is 3.24. The summed E-state index contributed by atoms with van der Waals surface area (Å²) in [5.74, 6) is 0.223. The number of anilines is 3. The number of nitrogens with one attached hydrogen (secondary N) is 2. The molecule has 55 heavy (non-hydrogen) atoms. The minimum absolute atomic E-state index is 0.223. The second-order valence-corrected chi connectivity index (χ2v) is 13.4. The summed E-state index contributed by atoms with van der Waals surface area (Å²) in [6, 6.07) is 66.1. The molecule has 0 aliphatic carbocycles.